The Hall–Kier alpha value is -0.870. The first-order chi connectivity index (χ1) is 7.86. The molecule has 0 fully saturated rings. The second-order valence-electron chi connectivity index (χ2n) is 5.00. The summed E-state index contributed by atoms with van der Waals surface area (Å²) in [5.41, 5.74) is 3.11. The Labute approximate surface area is 103 Å². The van der Waals surface area contributed by atoms with Crippen molar-refractivity contribution in [3.05, 3.63) is 28.8 Å². The molecule has 1 N–H and O–H groups in total. The van der Waals surface area contributed by atoms with Crippen LogP contribution in [-0.4, -0.2) is 21.2 Å². The fraction of sp³-hybridized carbons (Fsp3) is 0.538. The number of aryl methyl sites for hydroxylation is 2. The van der Waals surface area contributed by atoms with Crippen LogP contribution in [0.15, 0.2) is 17.0 Å². The number of rotatable bonds is 1. The third-order valence-electron chi connectivity index (χ3n) is 3.66. The van der Waals surface area contributed by atoms with Gasteiger partial charge in [-0.2, -0.15) is 0 Å². The van der Waals surface area contributed by atoms with E-state index in [9.17, 15) is 8.42 Å². The van der Waals surface area contributed by atoms with Crippen LogP contribution < -0.4 is 5.32 Å². The minimum Gasteiger partial charge on any atom is -0.313 e. The molecule has 2 unspecified atom stereocenters. The zero-order chi connectivity index (χ0) is 12.8. The fourth-order valence-corrected chi connectivity index (χ4v) is 4.57. The zero-order valence-corrected chi connectivity index (χ0v) is 11.6. The molecule has 1 aliphatic rings. The minimum atomic E-state index is -3.11. The van der Waals surface area contributed by atoms with Gasteiger partial charge in [-0.05, 0) is 49.6 Å². The number of sulfone groups is 1. The van der Waals surface area contributed by atoms with E-state index in [4.69, 9.17) is 0 Å². The van der Waals surface area contributed by atoms with Gasteiger partial charge in [0, 0.05) is 6.04 Å². The molecule has 0 spiro atoms. The van der Waals surface area contributed by atoms with Gasteiger partial charge in [-0.1, -0.05) is 13.0 Å². The third-order valence-corrected chi connectivity index (χ3v) is 5.65. The van der Waals surface area contributed by atoms with Crippen molar-refractivity contribution in [1.82, 2.24) is 5.32 Å². The van der Waals surface area contributed by atoms with Gasteiger partial charge in [-0.15, -0.1) is 0 Å². The highest BCUT2D eigenvalue weighted by Gasteiger charge is 2.35. The van der Waals surface area contributed by atoms with Gasteiger partial charge in [0.25, 0.3) is 0 Å². The van der Waals surface area contributed by atoms with Crippen LogP contribution in [0.2, 0.25) is 0 Å². The lowest BCUT2D eigenvalue weighted by molar-refractivity contribution is 0.421. The molecule has 1 aromatic rings. The lowest BCUT2D eigenvalue weighted by Crippen LogP contribution is -2.34. The van der Waals surface area contributed by atoms with Crippen molar-refractivity contribution in [2.24, 2.45) is 5.92 Å². The number of hydrogen-bond acceptors (Lipinski definition) is 3. The molecule has 94 valence electrons. The molecule has 0 saturated carbocycles. The van der Waals surface area contributed by atoms with Gasteiger partial charge < -0.3 is 5.32 Å². The molecule has 1 aromatic carbocycles. The lowest BCUT2D eigenvalue weighted by Gasteiger charge is -2.31. The smallest absolute Gasteiger partial charge is 0.179 e. The molecule has 0 amide bonds. The molecular formula is C13H19NO2S. The number of fused-ring (bicyclic) bond motifs is 1. The summed E-state index contributed by atoms with van der Waals surface area (Å²) in [6.45, 7) is 5.96. The molecule has 4 heteroatoms. The van der Waals surface area contributed by atoms with Gasteiger partial charge in [-0.3, -0.25) is 0 Å². The van der Waals surface area contributed by atoms with Crippen LogP contribution in [-0.2, 0) is 9.84 Å². The lowest BCUT2D eigenvalue weighted by atomic mass is 9.93. The predicted molar refractivity (Wildman–Crippen MR) is 68.9 cm³/mol. The predicted octanol–water partition coefficient (Wildman–Crippen LogP) is 1.99. The Balaban J connectivity index is 2.72. The molecule has 2 atom stereocenters. The molecule has 0 aliphatic carbocycles. The summed E-state index contributed by atoms with van der Waals surface area (Å²) >= 11 is 0. The molecule has 1 aliphatic heterocycles. The van der Waals surface area contributed by atoms with Crippen molar-refractivity contribution in [2.45, 2.75) is 31.7 Å². The first-order valence-electron chi connectivity index (χ1n) is 5.88. The van der Waals surface area contributed by atoms with E-state index in [1.165, 1.54) is 0 Å². The maximum absolute atomic E-state index is 12.2. The van der Waals surface area contributed by atoms with Crippen LogP contribution in [0.4, 0.5) is 0 Å². The average molecular weight is 253 g/mol. The summed E-state index contributed by atoms with van der Waals surface area (Å²) < 4.78 is 24.4. The van der Waals surface area contributed by atoms with E-state index in [1.54, 1.807) is 0 Å². The van der Waals surface area contributed by atoms with E-state index in [1.807, 2.05) is 40.0 Å². The zero-order valence-electron chi connectivity index (χ0n) is 10.7. The average Bonchev–Trinajstić information content (AvgIpc) is 2.21. The largest absolute Gasteiger partial charge is 0.313 e. The van der Waals surface area contributed by atoms with Gasteiger partial charge in [0.2, 0.25) is 0 Å². The van der Waals surface area contributed by atoms with Crippen LogP contribution in [0.5, 0.6) is 0 Å². The summed E-state index contributed by atoms with van der Waals surface area (Å²) in [7, 11) is -1.23. The van der Waals surface area contributed by atoms with Crippen molar-refractivity contribution in [3.63, 3.8) is 0 Å². The quantitative estimate of drug-likeness (QED) is 0.832. The second kappa shape index (κ2) is 4.10. The molecule has 0 radical (unpaired) electrons. The molecule has 0 bridgehead atoms. The summed E-state index contributed by atoms with van der Waals surface area (Å²) in [4.78, 5) is 0.512. The highest BCUT2D eigenvalue weighted by atomic mass is 32.2. The standard InChI is InChI=1S/C13H19NO2S/c1-8-5-11-12(6-9(8)2)17(15,16)7-10(3)13(11)14-4/h5-6,10,13-14H,7H2,1-4H3. The minimum absolute atomic E-state index is 0.111. The van der Waals surface area contributed by atoms with Crippen molar-refractivity contribution < 1.29 is 8.42 Å². The maximum Gasteiger partial charge on any atom is 0.179 e. The molecular weight excluding hydrogens is 234 g/mol. The Kier molecular flexibility index (Phi) is 3.04. The van der Waals surface area contributed by atoms with Gasteiger partial charge in [-0.25, -0.2) is 8.42 Å². The van der Waals surface area contributed by atoms with E-state index in [-0.39, 0.29) is 17.7 Å². The molecule has 0 saturated heterocycles. The van der Waals surface area contributed by atoms with Crippen LogP contribution >= 0.6 is 0 Å². The van der Waals surface area contributed by atoms with Gasteiger partial charge >= 0.3 is 0 Å². The maximum atomic E-state index is 12.2. The summed E-state index contributed by atoms with van der Waals surface area (Å²) in [6, 6.07) is 3.96. The van der Waals surface area contributed by atoms with E-state index >= 15 is 0 Å². The molecule has 3 nitrogen and oxygen atoms in total. The first kappa shape index (κ1) is 12.6. The fourth-order valence-electron chi connectivity index (χ4n) is 2.60. The summed E-state index contributed by atoms with van der Waals surface area (Å²) in [5, 5.41) is 3.23. The van der Waals surface area contributed by atoms with E-state index in [0.717, 1.165) is 16.7 Å². The molecule has 17 heavy (non-hydrogen) atoms. The number of nitrogens with one attached hydrogen (secondary N) is 1. The van der Waals surface area contributed by atoms with E-state index < -0.39 is 9.84 Å². The van der Waals surface area contributed by atoms with Crippen molar-refractivity contribution in [2.75, 3.05) is 12.8 Å². The first-order valence-corrected chi connectivity index (χ1v) is 7.53. The van der Waals surface area contributed by atoms with Crippen LogP contribution in [0.3, 0.4) is 0 Å². The number of benzene rings is 1. The van der Waals surface area contributed by atoms with Crippen molar-refractivity contribution in [3.8, 4) is 0 Å². The Morgan fingerprint density at radius 3 is 2.41 bits per heavy atom. The van der Waals surface area contributed by atoms with Gasteiger partial charge in [0.05, 0.1) is 10.6 Å². The van der Waals surface area contributed by atoms with Crippen molar-refractivity contribution >= 4 is 9.84 Å². The number of hydrogen-bond donors (Lipinski definition) is 1. The Morgan fingerprint density at radius 2 is 1.82 bits per heavy atom. The SMILES string of the molecule is CNC1c2cc(C)c(C)cc2S(=O)(=O)CC1C. The Morgan fingerprint density at radius 1 is 1.24 bits per heavy atom. The van der Waals surface area contributed by atoms with Crippen LogP contribution in [0.25, 0.3) is 0 Å². The summed E-state index contributed by atoms with van der Waals surface area (Å²) in [6.07, 6.45) is 0. The molecule has 1 heterocycles. The highest BCUT2D eigenvalue weighted by molar-refractivity contribution is 7.91. The van der Waals surface area contributed by atoms with E-state index in [2.05, 4.69) is 5.32 Å². The van der Waals surface area contributed by atoms with Crippen LogP contribution in [0, 0.1) is 19.8 Å². The van der Waals surface area contributed by atoms with Gasteiger partial charge in [0.1, 0.15) is 0 Å². The van der Waals surface area contributed by atoms with Crippen molar-refractivity contribution in [1.29, 1.82) is 0 Å². The normalized spacial score (nSPS) is 26.6. The van der Waals surface area contributed by atoms with Gasteiger partial charge in [0.15, 0.2) is 9.84 Å². The third kappa shape index (κ3) is 2.00. The Bertz CT molecular complexity index is 549. The molecule has 0 aromatic heterocycles. The second-order valence-corrected chi connectivity index (χ2v) is 7.00. The monoisotopic (exact) mass is 253 g/mol. The summed E-state index contributed by atoms with van der Waals surface area (Å²) in [5.74, 6) is 0.341. The molecule has 2 rings (SSSR count). The van der Waals surface area contributed by atoms with Crippen LogP contribution in [0.1, 0.15) is 29.7 Å². The topological polar surface area (TPSA) is 46.2 Å². The highest BCUT2D eigenvalue weighted by Crippen LogP contribution is 2.36. The van der Waals surface area contributed by atoms with E-state index in [0.29, 0.717) is 4.90 Å².